The van der Waals surface area contributed by atoms with Crippen molar-refractivity contribution >= 4 is 12.0 Å². The zero-order valence-corrected chi connectivity index (χ0v) is 12.3. The van der Waals surface area contributed by atoms with Gasteiger partial charge in [-0.1, -0.05) is 13.0 Å². The van der Waals surface area contributed by atoms with Crippen LogP contribution >= 0.6 is 0 Å². The topological polar surface area (TPSA) is 78.4 Å². The number of urea groups is 1. The van der Waals surface area contributed by atoms with Crippen molar-refractivity contribution in [2.45, 2.75) is 26.7 Å². The lowest BCUT2D eigenvalue weighted by Crippen LogP contribution is -2.39. The van der Waals surface area contributed by atoms with Gasteiger partial charge in [-0.3, -0.25) is 4.79 Å². The molecule has 21 heavy (non-hydrogen) atoms. The van der Waals surface area contributed by atoms with Crippen LogP contribution in [0.1, 0.15) is 24.5 Å². The fourth-order valence-electron chi connectivity index (χ4n) is 1.95. The van der Waals surface area contributed by atoms with E-state index in [-0.39, 0.29) is 24.2 Å². The van der Waals surface area contributed by atoms with E-state index < -0.39 is 5.97 Å². The number of hydrogen-bond acceptors (Lipinski definition) is 2. The van der Waals surface area contributed by atoms with Gasteiger partial charge in [0, 0.05) is 19.5 Å². The Hall–Kier alpha value is -2.11. The summed E-state index contributed by atoms with van der Waals surface area (Å²) in [6.07, 6.45) is 0.638. The quantitative estimate of drug-likeness (QED) is 0.721. The first kappa shape index (κ1) is 16.9. The van der Waals surface area contributed by atoms with Crippen LogP contribution in [0.25, 0.3) is 0 Å². The van der Waals surface area contributed by atoms with Crippen molar-refractivity contribution in [3.63, 3.8) is 0 Å². The first-order chi connectivity index (χ1) is 9.88. The first-order valence-electron chi connectivity index (χ1n) is 6.87. The van der Waals surface area contributed by atoms with E-state index in [1.54, 1.807) is 13.0 Å². The second kappa shape index (κ2) is 8.24. The van der Waals surface area contributed by atoms with Gasteiger partial charge in [0.15, 0.2) is 0 Å². The lowest BCUT2D eigenvalue weighted by molar-refractivity contribution is -0.137. The normalized spacial score (nSPS) is 11.8. The van der Waals surface area contributed by atoms with Crippen LogP contribution in [0.5, 0.6) is 0 Å². The summed E-state index contributed by atoms with van der Waals surface area (Å²) < 4.78 is 12.9. The number of aryl methyl sites for hydroxylation is 1. The molecule has 0 radical (unpaired) electrons. The number of carboxylic acid groups (broad SMARTS) is 1. The van der Waals surface area contributed by atoms with Gasteiger partial charge in [0.05, 0.1) is 0 Å². The molecule has 116 valence electrons. The molecule has 1 aromatic rings. The number of hydrogen-bond donors (Lipinski definition) is 3. The van der Waals surface area contributed by atoms with Crippen LogP contribution in [0.2, 0.25) is 0 Å². The molecule has 0 aliphatic carbocycles. The molecule has 6 heteroatoms. The predicted molar refractivity (Wildman–Crippen MR) is 77.7 cm³/mol. The van der Waals surface area contributed by atoms with Crippen molar-refractivity contribution in [2.24, 2.45) is 5.92 Å². The lowest BCUT2D eigenvalue weighted by Gasteiger charge is -2.12. The number of benzene rings is 1. The molecule has 1 rings (SSSR count). The average molecular weight is 296 g/mol. The Kier molecular flexibility index (Phi) is 6.65. The summed E-state index contributed by atoms with van der Waals surface area (Å²) in [4.78, 5) is 22.0. The van der Waals surface area contributed by atoms with Gasteiger partial charge in [-0.2, -0.15) is 0 Å². The Morgan fingerprint density at radius 2 is 2.05 bits per heavy atom. The molecule has 1 aromatic carbocycles. The third-order valence-corrected chi connectivity index (χ3v) is 3.12. The maximum atomic E-state index is 12.9. The Bertz CT molecular complexity index is 506. The van der Waals surface area contributed by atoms with Gasteiger partial charge in [0.2, 0.25) is 0 Å². The summed E-state index contributed by atoms with van der Waals surface area (Å²) in [7, 11) is 0. The van der Waals surface area contributed by atoms with Gasteiger partial charge in [-0.05, 0) is 42.5 Å². The highest BCUT2D eigenvalue weighted by Crippen LogP contribution is 2.10. The van der Waals surface area contributed by atoms with Crippen LogP contribution in [-0.2, 0) is 11.2 Å². The summed E-state index contributed by atoms with van der Waals surface area (Å²) >= 11 is 0. The van der Waals surface area contributed by atoms with Crippen molar-refractivity contribution < 1.29 is 19.1 Å². The molecule has 2 amide bonds. The van der Waals surface area contributed by atoms with E-state index in [4.69, 9.17) is 5.11 Å². The molecule has 0 heterocycles. The van der Waals surface area contributed by atoms with Crippen molar-refractivity contribution in [2.75, 3.05) is 13.1 Å². The van der Waals surface area contributed by atoms with E-state index in [0.29, 0.717) is 19.5 Å². The molecule has 0 fully saturated rings. The van der Waals surface area contributed by atoms with Crippen molar-refractivity contribution in [1.29, 1.82) is 0 Å². The van der Waals surface area contributed by atoms with Gasteiger partial charge in [-0.15, -0.1) is 0 Å². The van der Waals surface area contributed by atoms with E-state index >= 15 is 0 Å². The van der Waals surface area contributed by atoms with Crippen LogP contribution in [0.15, 0.2) is 18.2 Å². The van der Waals surface area contributed by atoms with Crippen LogP contribution in [0.4, 0.5) is 9.18 Å². The number of rotatable bonds is 7. The lowest BCUT2D eigenvalue weighted by atomic mass is 10.1. The zero-order valence-electron chi connectivity index (χ0n) is 12.3. The minimum absolute atomic E-state index is 0.0229. The number of carboxylic acids is 1. The van der Waals surface area contributed by atoms with E-state index in [0.717, 1.165) is 11.1 Å². The third-order valence-electron chi connectivity index (χ3n) is 3.12. The molecule has 0 saturated carbocycles. The molecule has 0 spiro atoms. The van der Waals surface area contributed by atoms with Crippen molar-refractivity contribution in [3.05, 3.63) is 35.1 Å². The average Bonchev–Trinajstić information content (AvgIpc) is 2.38. The van der Waals surface area contributed by atoms with Crippen LogP contribution in [0.3, 0.4) is 0 Å². The number of carbonyl (C=O) groups excluding carboxylic acids is 1. The monoisotopic (exact) mass is 296 g/mol. The summed E-state index contributed by atoms with van der Waals surface area (Å²) in [6, 6.07) is 4.24. The minimum atomic E-state index is -0.878. The van der Waals surface area contributed by atoms with E-state index in [1.165, 1.54) is 12.1 Å². The second-order valence-corrected chi connectivity index (χ2v) is 5.16. The van der Waals surface area contributed by atoms with Gasteiger partial charge < -0.3 is 15.7 Å². The number of nitrogens with one attached hydrogen (secondary N) is 2. The predicted octanol–water partition coefficient (Wildman–Crippen LogP) is 2.09. The summed E-state index contributed by atoms with van der Waals surface area (Å²) in [6.45, 7) is 4.33. The maximum absolute atomic E-state index is 12.9. The van der Waals surface area contributed by atoms with Gasteiger partial charge in [-0.25, -0.2) is 9.18 Å². The first-order valence-corrected chi connectivity index (χ1v) is 6.87. The Labute approximate surface area is 123 Å². The van der Waals surface area contributed by atoms with Gasteiger partial charge >= 0.3 is 12.0 Å². The molecule has 0 bridgehead atoms. The van der Waals surface area contributed by atoms with Crippen molar-refractivity contribution in [1.82, 2.24) is 10.6 Å². The molecular formula is C15H21FN2O3. The van der Waals surface area contributed by atoms with E-state index in [1.807, 2.05) is 6.92 Å². The van der Waals surface area contributed by atoms with E-state index in [9.17, 15) is 14.0 Å². The van der Waals surface area contributed by atoms with Crippen LogP contribution < -0.4 is 10.6 Å². The van der Waals surface area contributed by atoms with Gasteiger partial charge in [0.1, 0.15) is 5.82 Å². The summed E-state index contributed by atoms with van der Waals surface area (Å²) in [5.41, 5.74) is 1.84. The van der Waals surface area contributed by atoms with Crippen LogP contribution in [0, 0.1) is 18.7 Å². The second-order valence-electron chi connectivity index (χ2n) is 5.16. The van der Waals surface area contributed by atoms with E-state index in [2.05, 4.69) is 10.6 Å². The molecule has 1 unspecified atom stereocenters. The molecule has 0 saturated heterocycles. The summed E-state index contributed by atoms with van der Waals surface area (Å²) in [5, 5.41) is 13.9. The number of carbonyl (C=O) groups is 2. The Morgan fingerprint density at radius 1 is 1.33 bits per heavy atom. The van der Waals surface area contributed by atoms with Crippen molar-refractivity contribution in [3.8, 4) is 0 Å². The molecular weight excluding hydrogens is 275 g/mol. The van der Waals surface area contributed by atoms with Gasteiger partial charge in [0.25, 0.3) is 0 Å². The number of amides is 2. The highest BCUT2D eigenvalue weighted by atomic mass is 19.1. The standard InChI is InChI=1S/C15H21FN2O3/c1-10(7-14(19)20)9-18-15(21)17-6-5-12-3-4-13(16)8-11(12)2/h3-4,8,10H,5-7,9H2,1-2H3,(H,19,20)(H2,17,18,21). The number of halogens is 1. The largest absolute Gasteiger partial charge is 0.481 e. The molecule has 0 aliphatic rings. The molecule has 0 aromatic heterocycles. The Balaban J connectivity index is 2.26. The third kappa shape index (κ3) is 6.74. The zero-order chi connectivity index (χ0) is 15.8. The Morgan fingerprint density at radius 3 is 2.67 bits per heavy atom. The fourth-order valence-corrected chi connectivity index (χ4v) is 1.95. The molecule has 5 nitrogen and oxygen atoms in total. The molecule has 1 atom stereocenters. The maximum Gasteiger partial charge on any atom is 0.314 e. The summed E-state index contributed by atoms with van der Waals surface area (Å²) in [5.74, 6) is -1.27. The minimum Gasteiger partial charge on any atom is -0.481 e. The fraction of sp³-hybridized carbons (Fsp3) is 0.467. The smallest absolute Gasteiger partial charge is 0.314 e. The highest BCUT2D eigenvalue weighted by molar-refractivity contribution is 5.74. The SMILES string of the molecule is Cc1cc(F)ccc1CCNC(=O)NCC(C)CC(=O)O. The molecule has 0 aliphatic heterocycles. The molecule has 3 N–H and O–H groups in total. The number of aliphatic carboxylic acids is 1. The highest BCUT2D eigenvalue weighted by Gasteiger charge is 2.09. The van der Waals surface area contributed by atoms with Crippen LogP contribution in [-0.4, -0.2) is 30.2 Å².